The zero-order valence-electron chi connectivity index (χ0n) is 22.4. The van der Waals surface area contributed by atoms with Crippen molar-refractivity contribution in [3.63, 3.8) is 0 Å². The average molecular weight is 521 g/mol. The number of fused-ring (bicyclic) bond motifs is 3. The second-order valence-corrected chi connectivity index (χ2v) is 12.8. The highest BCUT2D eigenvalue weighted by Gasteiger charge is 2.52. The third-order valence-corrected chi connectivity index (χ3v) is 10.2. The van der Waals surface area contributed by atoms with Crippen LogP contribution in [-0.2, 0) is 17.3 Å². The van der Waals surface area contributed by atoms with Crippen molar-refractivity contribution in [3.8, 4) is 6.07 Å². The molecule has 1 amide bonds. The minimum absolute atomic E-state index is 0.00265. The third kappa shape index (κ3) is 4.87. The number of nitriles is 1. The number of hydrogen-bond donors (Lipinski definition) is 0. The molecule has 1 aromatic carbocycles. The fourth-order valence-electron chi connectivity index (χ4n) is 7.51. The number of alkyl halides is 2. The highest BCUT2D eigenvalue weighted by Crippen LogP contribution is 2.58. The van der Waals surface area contributed by atoms with Gasteiger partial charge in [0.1, 0.15) is 0 Å². The van der Waals surface area contributed by atoms with E-state index in [-0.39, 0.29) is 35.5 Å². The maximum absolute atomic E-state index is 13.8. The molecule has 0 N–H and O–H groups in total. The van der Waals surface area contributed by atoms with Crippen LogP contribution >= 0.6 is 0 Å². The van der Waals surface area contributed by atoms with Gasteiger partial charge in [0.05, 0.1) is 17.3 Å². The van der Waals surface area contributed by atoms with E-state index in [1.165, 1.54) is 24.2 Å². The van der Waals surface area contributed by atoms with Gasteiger partial charge in [-0.3, -0.25) is 9.48 Å². The summed E-state index contributed by atoms with van der Waals surface area (Å²) in [5, 5.41) is 14.3. The lowest BCUT2D eigenvalue weighted by Gasteiger charge is -2.54. The Morgan fingerprint density at radius 3 is 2.37 bits per heavy atom. The summed E-state index contributed by atoms with van der Waals surface area (Å²) in [6.07, 6.45) is 9.85. The molecule has 0 aliphatic heterocycles. The van der Waals surface area contributed by atoms with Crippen LogP contribution in [0.5, 0.6) is 0 Å². The first-order chi connectivity index (χ1) is 18.2. The molecular formula is C31H38F2N4O. The molecule has 5 fully saturated rings. The van der Waals surface area contributed by atoms with E-state index >= 15 is 0 Å². The minimum atomic E-state index is -2.59. The number of carbonyl (C=O) groups is 1. The summed E-state index contributed by atoms with van der Waals surface area (Å²) in [6, 6.07) is 11.9. The van der Waals surface area contributed by atoms with Gasteiger partial charge in [0, 0.05) is 55.6 Å². The van der Waals surface area contributed by atoms with Crippen molar-refractivity contribution in [1.29, 1.82) is 5.26 Å². The standard InChI is InChI=1S/C31H38F2N4O/c1-36-27(19-26(35-36)24-5-6-24)30-14-11-29(12-15-30,13-16-30)21-37(25-4-2-3-23(17-25)20-34)28(38)18-22-7-9-31(32,33)10-8-22/h2-4,17,19,22,24H,5-16,18,21H2,1H3. The van der Waals surface area contributed by atoms with Gasteiger partial charge >= 0.3 is 0 Å². The van der Waals surface area contributed by atoms with Gasteiger partial charge in [0.2, 0.25) is 11.8 Å². The molecule has 0 radical (unpaired) electrons. The zero-order chi connectivity index (χ0) is 26.5. The lowest BCUT2D eigenvalue weighted by molar-refractivity contribution is -0.121. The largest absolute Gasteiger partial charge is 0.312 e. The van der Waals surface area contributed by atoms with E-state index in [9.17, 15) is 18.8 Å². The number of anilines is 1. The predicted molar refractivity (Wildman–Crippen MR) is 142 cm³/mol. The van der Waals surface area contributed by atoms with Crippen LogP contribution in [0, 0.1) is 22.7 Å². The van der Waals surface area contributed by atoms with Crippen LogP contribution in [-0.4, -0.2) is 28.2 Å². The van der Waals surface area contributed by atoms with Gasteiger partial charge in [-0.2, -0.15) is 10.4 Å². The Kier molecular flexibility index (Phi) is 6.36. The predicted octanol–water partition coefficient (Wildman–Crippen LogP) is 7.01. The molecule has 5 aliphatic carbocycles. The van der Waals surface area contributed by atoms with Crippen LogP contribution in [0.25, 0.3) is 0 Å². The highest BCUT2D eigenvalue weighted by molar-refractivity contribution is 5.93. The number of benzene rings is 1. The molecule has 5 saturated carbocycles. The van der Waals surface area contributed by atoms with Gasteiger partial charge in [-0.1, -0.05) is 6.07 Å². The smallest absolute Gasteiger partial charge is 0.248 e. The molecule has 0 saturated heterocycles. The Hall–Kier alpha value is -2.75. The molecule has 0 spiro atoms. The molecule has 7 heteroatoms. The zero-order valence-corrected chi connectivity index (χ0v) is 22.4. The van der Waals surface area contributed by atoms with Crippen LogP contribution in [0.2, 0.25) is 0 Å². The molecule has 5 nitrogen and oxygen atoms in total. The fourth-order valence-corrected chi connectivity index (χ4v) is 7.51. The summed E-state index contributed by atoms with van der Waals surface area (Å²) in [5.41, 5.74) is 4.17. The monoisotopic (exact) mass is 520 g/mol. The molecule has 0 atom stereocenters. The van der Waals surface area contributed by atoms with Crippen molar-refractivity contribution < 1.29 is 13.6 Å². The first-order valence-corrected chi connectivity index (χ1v) is 14.4. The van der Waals surface area contributed by atoms with E-state index in [1.807, 2.05) is 17.0 Å². The maximum Gasteiger partial charge on any atom is 0.248 e. The van der Waals surface area contributed by atoms with Crippen molar-refractivity contribution in [2.75, 3.05) is 11.4 Å². The summed E-state index contributed by atoms with van der Waals surface area (Å²) >= 11 is 0. The number of halogens is 2. The van der Waals surface area contributed by atoms with Gasteiger partial charge in [0.15, 0.2) is 0 Å². The van der Waals surface area contributed by atoms with E-state index in [0.29, 0.717) is 37.3 Å². The van der Waals surface area contributed by atoms with E-state index in [2.05, 4.69) is 23.9 Å². The number of rotatable bonds is 7. The van der Waals surface area contributed by atoms with Gasteiger partial charge < -0.3 is 4.90 Å². The van der Waals surface area contributed by atoms with Gasteiger partial charge in [-0.15, -0.1) is 0 Å². The normalized spacial score (nSPS) is 28.7. The number of aryl methyl sites for hydroxylation is 1. The number of hydrogen-bond acceptors (Lipinski definition) is 3. The van der Waals surface area contributed by atoms with Crippen molar-refractivity contribution >= 4 is 11.6 Å². The Balaban J connectivity index is 1.20. The molecule has 1 aromatic heterocycles. The highest BCUT2D eigenvalue weighted by atomic mass is 19.3. The summed E-state index contributed by atoms with van der Waals surface area (Å²) in [7, 11) is 2.09. The Bertz CT molecular complexity index is 1220. The minimum Gasteiger partial charge on any atom is -0.312 e. The Morgan fingerprint density at radius 2 is 1.74 bits per heavy atom. The number of aromatic nitrogens is 2. The first-order valence-electron chi connectivity index (χ1n) is 14.4. The summed E-state index contributed by atoms with van der Waals surface area (Å²) in [6.45, 7) is 0.637. The molecule has 0 unspecified atom stereocenters. The summed E-state index contributed by atoms with van der Waals surface area (Å²) in [5.74, 6) is -1.94. The molecule has 5 aliphatic rings. The molecule has 2 aromatic rings. The van der Waals surface area contributed by atoms with E-state index in [4.69, 9.17) is 5.10 Å². The molecule has 7 rings (SSSR count). The Morgan fingerprint density at radius 1 is 1.05 bits per heavy atom. The van der Waals surface area contributed by atoms with Crippen LogP contribution < -0.4 is 4.90 Å². The summed E-state index contributed by atoms with van der Waals surface area (Å²) in [4.78, 5) is 15.7. The van der Waals surface area contributed by atoms with Crippen LogP contribution in [0.1, 0.15) is 106 Å². The first kappa shape index (κ1) is 25.5. The van der Waals surface area contributed by atoms with Crippen LogP contribution in [0.3, 0.4) is 0 Å². The molecule has 202 valence electrons. The van der Waals surface area contributed by atoms with Crippen molar-refractivity contribution in [3.05, 3.63) is 47.3 Å². The van der Waals surface area contributed by atoms with Gasteiger partial charge in [-0.05, 0) is 99.8 Å². The fraction of sp³-hybridized carbons (Fsp3) is 0.645. The molecular weight excluding hydrogens is 482 g/mol. The second kappa shape index (κ2) is 9.47. The quantitative estimate of drug-likeness (QED) is 0.394. The van der Waals surface area contributed by atoms with E-state index in [1.54, 1.807) is 12.1 Å². The number of amides is 1. The molecule has 38 heavy (non-hydrogen) atoms. The lowest BCUT2D eigenvalue weighted by Crippen LogP contribution is -2.51. The van der Waals surface area contributed by atoms with Crippen molar-refractivity contribution in [2.24, 2.45) is 18.4 Å². The molecule has 2 bridgehead atoms. The van der Waals surface area contributed by atoms with E-state index < -0.39 is 5.92 Å². The van der Waals surface area contributed by atoms with Gasteiger partial charge in [0.25, 0.3) is 0 Å². The molecule has 1 heterocycles. The SMILES string of the molecule is Cn1nc(C2CC2)cc1C12CCC(CN(C(=O)CC3CCC(F)(F)CC3)c3cccc(C#N)c3)(CC1)CC2. The maximum atomic E-state index is 13.8. The van der Waals surface area contributed by atoms with Crippen LogP contribution in [0.4, 0.5) is 14.5 Å². The summed E-state index contributed by atoms with van der Waals surface area (Å²) < 4.78 is 29.6. The Labute approximate surface area is 224 Å². The second-order valence-electron chi connectivity index (χ2n) is 12.8. The number of carbonyl (C=O) groups excluding carboxylic acids is 1. The van der Waals surface area contributed by atoms with Crippen molar-refractivity contribution in [2.45, 2.75) is 101 Å². The average Bonchev–Trinajstić information content (AvgIpc) is 3.70. The van der Waals surface area contributed by atoms with Crippen molar-refractivity contribution in [1.82, 2.24) is 9.78 Å². The van der Waals surface area contributed by atoms with Crippen LogP contribution in [0.15, 0.2) is 30.3 Å². The topological polar surface area (TPSA) is 61.9 Å². The lowest BCUT2D eigenvalue weighted by atomic mass is 9.52. The van der Waals surface area contributed by atoms with E-state index in [0.717, 1.165) is 44.2 Å². The number of nitrogens with zero attached hydrogens (tertiary/aromatic N) is 4. The third-order valence-electron chi connectivity index (χ3n) is 10.2. The van der Waals surface area contributed by atoms with Gasteiger partial charge in [-0.25, -0.2) is 8.78 Å².